The Morgan fingerprint density at radius 1 is 1.16 bits per heavy atom. The molecule has 0 spiro atoms. The molecular weight excluding hydrogens is 316 g/mol. The number of benzene rings is 1. The van der Waals surface area contributed by atoms with Gasteiger partial charge in [-0.2, -0.15) is 0 Å². The first-order valence-corrected chi connectivity index (χ1v) is 9.39. The van der Waals surface area contributed by atoms with Crippen molar-refractivity contribution in [1.82, 2.24) is 10.2 Å². The molecule has 5 nitrogen and oxygen atoms in total. The molecule has 3 rings (SSSR count). The number of nitrogens with one attached hydrogen (secondary N) is 1. The van der Waals surface area contributed by atoms with Gasteiger partial charge in [0.15, 0.2) is 0 Å². The van der Waals surface area contributed by atoms with Crippen LogP contribution in [0.3, 0.4) is 0 Å². The molecule has 1 aliphatic carbocycles. The Kier molecular flexibility index (Phi) is 5.61. The number of hydrogen-bond acceptors (Lipinski definition) is 3. The highest BCUT2D eigenvalue weighted by Gasteiger charge is 2.35. The van der Waals surface area contributed by atoms with Crippen molar-refractivity contribution in [3.05, 3.63) is 29.8 Å². The molecule has 1 unspecified atom stereocenters. The molecule has 136 valence electrons. The van der Waals surface area contributed by atoms with Crippen molar-refractivity contribution in [3.63, 3.8) is 0 Å². The second kappa shape index (κ2) is 7.89. The summed E-state index contributed by atoms with van der Waals surface area (Å²) in [5, 5.41) is 2.87. The van der Waals surface area contributed by atoms with Crippen molar-refractivity contribution in [2.75, 3.05) is 13.2 Å². The van der Waals surface area contributed by atoms with Gasteiger partial charge in [0, 0.05) is 24.1 Å². The highest BCUT2D eigenvalue weighted by molar-refractivity contribution is 5.94. The summed E-state index contributed by atoms with van der Waals surface area (Å²) < 4.78 is 5.89. The molecule has 0 radical (unpaired) electrons. The lowest BCUT2D eigenvalue weighted by atomic mass is 9.84. The summed E-state index contributed by atoms with van der Waals surface area (Å²) >= 11 is 0. The van der Waals surface area contributed by atoms with Crippen LogP contribution in [0.15, 0.2) is 24.3 Å². The molecule has 5 heteroatoms. The van der Waals surface area contributed by atoms with Crippen molar-refractivity contribution in [2.24, 2.45) is 5.92 Å². The predicted octanol–water partition coefficient (Wildman–Crippen LogP) is 2.99. The molecule has 1 saturated heterocycles. The fraction of sp³-hybridized carbons (Fsp3) is 0.600. The highest BCUT2D eigenvalue weighted by Crippen LogP contribution is 2.31. The van der Waals surface area contributed by atoms with Gasteiger partial charge in [-0.1, -0.05) is 6.42 Å². The SMILES string of the molecule is CC(C)NC(=O)c1ccc(OCC2CCCN2C(=O)C2CCC2)cc1. The summed E-state index contributed by atoms with van der Waals surface area (Å²) in [7, 11) is 0. The number of hydrogen-bond donors (Lipinski definition) is 1. The largest absolute Gasteiger partial charge is 0.491 e. The number of amides is 2. The monoisotopic (exact) mass is 344 g/mol. The van der Waals surface area contributed by atoms with Crippen molar-refractivity contribution >= 4 is 11.8 Å². The second-order valence-corrected chi connectivity index (χ2v) is 7.42. The van der Waals surface area contributed by atoms with Crippen LogP contribution < -0.4 is 10.1 Å². The van der Waals surface area contributed by atoms with E-state index in [0.717, 1.165) is 38.0 Å². The van der Waals surface area contributed by atoms with Crippen molar-refractivity contribution in [3.8, 4) is 5.75 Å². The Bertz CT molecular complexity index is 608. The van der Waals surface area contributed by atoms with Gasteiger partial charge in [-0.05, 0) is 63.8 Å². The summed E-state index contributed by atoms with van der Waals surface area (Å²) in [4.78, 5) is 26.5. The lowest BCUT2D eigenvalue weighted by Gasteiger charge is -2.32. The van der Waals surface area contributed by atoms with E-state index in [-0.39, 0.29) is 23.9 Å². The van der Waals surface area contributed by atoms with Crippen LogP contribution in [0.1, 0.15) is 56.3 Å². The smallest absolute Gasteiger partial charge is 0.251 e. The maximum Gasteiger partial charge on any atom is 0.251 e. The van der Waals surface area contributed by atoms with Crippen LogP contribution in [0.5, 0.6) is 5.75 Å². The average Bonchev–Trinajstić information content (AvgIpc) is 2.99. The third-order valence-corrected chi connectivity index (χ3v) is 5.09. The maximum absolute atomic E-state index is 12.5. The third kappa shape index (κ3) is 4.33. The Labute approximate surface area is 149 Å². The molecule has 2 fully saturated rings. The van der Waals surface area contributed by atoms with Crippen LogP contribution in [0.2, 0.25) is 0 Å². The molecule has 25 heavy (non-hydrogen) atoms. The molecule has 1 N–H and O–H groups in total. The summed E-state index contributed by atoms with van der Waals surface area (Å²) in [6, 6.07) is 7.49. The Balaban J connectivity index is 1.52. The normalized spacial score (nSPS) is 20.4. The van der Waals surface area contributed by atoms with Crippen molar-refractivity contribution in [2.45, 2.75) is 58.0 Å². The van der Waals surface area contributed by atoms with Gasteiger partial charge >= 0.3 is 0 Å². The summed E-state index contributed by atoms with van der Waals surface area (Å²) in [5.74, 6) is 1.23. The summed E-state index contributed by atoms with van der Waals surface area (Å²) in [6.45, 7) is 5.26. The lowest BCUT2D eigenvalue weighted by molar-refractivity contribution is -0.139. The second-order valence-electron chi connectivity index (χ2n) is 7.42. The first-order chi connectivity index (χ1) is 12.0. The quantitative estimate of drug-likeness (QED) is 0.863. The number of rotatable bonds is 6. The Hall–Kier alpha value is -2.04. The Morgan fingerprint density at radius 2 is 1.88 bits per heavy atom. The number of nitrogens with zero attached hydrogens (tertiary/aromatic N) is 1. The highest BCUT2D eigenvalue weighted by atomic mass is 16.5. The molecule has 1 aliphatic heterocycles. The van der Waals surface area contributed by atoms with E-state index in [2.05, 4.69) is 5.32 Å². The molecule has 2 amide bonds. The standard InChI is InChI=1S/C20H28N2O3/c1-14(2)21-19(23)15-8-10-18(11-9-15)25-13-17-7-4-12-22(17)20(24)16-5-3-6-16/h8-11,14,16-17H,3-7,12-13H2,1-2H3,(H,21,23). The molecule has 1 saturated carbocycles. The lowest BCUT2D eigenvalue weighted by Crippen LogP contribution is -2.44. The zero-order valence-corrected chi connectivity index (χ0v) is 15.2. The van der Waals surface area contributed by atoms with Crippen LogP contribution in [0.4, 0.5) is 0 Å². The van der Waals surface area contributed by atoms with Gasteiger partial charge in [-0.15, -0.1) is 0 Å². The fourth-order valence-corrected chi connectivity index (χ4v) is 3.43. The van der Waals surface area contributed by atoms with E-state index < -0.39 is 0 Å². The number of carbonyl (C=O) groups excluding carboxylic acids is 2. The van der Waals surface area contributed by atoms with Gasteiger partial charge in [0.05, 0.1) is 6.04 Å². The maximum atomic E-state index is 12.5. The molecule has 0 bridgehead atoms. The average molecular weight is 344 g/mol. The van der Waals surface area contributed by atoms with E-state index in [4.69, 9.17) is 4.74 Å². The zero-order chi connectivity index (χ0) is 17.8. The molecule has 2 aliphatic rings. The Morgan fingerprint density at radius 3 is 2.48 bits per heavy atom. The topological polar surface area (TPSA) is 58.6 Å². The summed E-state index contributed by atoms with van der Waals surface area (Å²) in [5.41, 5.74) is 0.628. The van der Waals surface area contributed by atoms with E-state index in [0.29, 0.717) is 18.1 Å². The van der Waals surface area contributed by atoms with Gasteiger partial charge in [0.2, 0.25) is 5.91 Å². The van der Waals surface area contributed by atoms with E-state index in [1.54, 1.807) is 12.1 Å². The van der Waals surface area contributed by atoms with Crippen molar-refractivity contribution < 1.29 is 14.3 Å². The minimum atomic E-state index is -0.0744. The predicted molar refractivity (Wildman–Crippen MR) is 96.6 cm³/mol. The van der Waals surface area contributed by atoms with Crippen LogP contribution in [0, 0.1) is 5.92 Å². The zero-order valence-electron chi connectivity index (χ0n) is 15.2. The first kappa shape index (κ1) is 17.8. The molecule has 1 aromatic rings. The fourth-order valence-electron chi connectivity index (χ4n) is 3.43. The van der Waals surface area contributed by atoms with Crippen LogP contribution >= 0.6 is 0 Å². The third-order valence-electron chi connectivity index (χ3n) is 5.09. The van der Waals surface area contributed by atoms with Gasteiger partial charge in [-0.3, -0.25) is 9.59 Å². The number of ether oxygens (including phenoxy) is 1. The molecule has 1 atom stereocenters. The van der Waals surface area contributed by atoms with Gasteiger partial charge in [0.25, 0.3) is 5.91 Å². The minimum Gasteiger partial charge on any atom is -0.491 e. The van der Waals surface area contributed by atoms with E-state index in [1.807, 2.05) is 30.9 Å². The molecular formula is C20H28N2O3. The van der Waals surface area contributed by atoms with Gasteiger partial charge < -0.3 is 15.0 Å². The number of likely N-dealkylation sites (tertiary alicyclic amines) is 1. The molecule has 1 heterocycles. The molecule has 0 aromatic heterocycles. The first-order valence-electron chi connectivity index (χ1n) is 9.39. The van der Waals surface area contributed by atoms with E-state index >= 15 is 0 Å². The van der Waals surface area contributed by atoms with Crippen molar-refractivity contribution in [1.29, 1.82) is 0 Å². The van der Waals surface area contributed by atoms with E-state index in [9.17, 15) is 9.59 Å². The number of carbonyl (C=O) groups is 2. The summed E-state index contributed by atoms with van der Waals surface area (Å²) in [6.07, 6.45) is 5.34. The van der Waals surface area contributed by atoms with Crippen LogP contribution in [-0.2, 0) is 4.79 Å². The molecule has 1 aromatic carbocycles. The van der Waals surface area contributed by atoms with E-state index in [1.165, 1.54) is 6.42 Å². The minimum absolute atomic E-state index is 0.0744. The van der Waals surface area contributed by atoms with Crippen LogP contribution in [0.25, 0.3) is 0 Å². The van der Waals surface area contributed by atoms with Gasteiger partial charge in [0.1, 0.15) is 12.4 Å². The van der Waals surface area contributed by atoms with Gasteiger partial charge in [-0.25, -0.2) is 0 Å². The van der Waals surface area contributed by atoms with Crippen LogP contribution in [-0.4, -0.2) is 41.9 Å².